The summed E-state index contributed by atoms with van der Waals surface area (Å²) in [5.74, 6) is -2.14. The molecular formula is C18H18N2O5S. The van der Waals surface area contributed by atoms with E-state index in [9.17, 15) is 19.5 Å². The lowest BCUT2D eigenvalue weighted by Crippen LogP contribution is -2.22. The van der Waals surface area contributed by atoms with Crippen LogP contribution in [0, 0.1) is 6.92 Å². The van der Waals surface area contributed by atoms with E-state index in [4.69, 9.17) is 10.5 Å². The smallest absolute Gasteiger partial charge is 0.342 e. The van der Waals surface area contributed by atoms with Crippen LogP contribution in [0.2, 0.25) is 0 Å². The number of ether oxygens (including phenoxy) is 1. The number of hydrogen-bond acceptors (Lipinski definition) is 6. The summed E-state index contributed by atoms with van der Waals surface area (Å²) in [5.41, 5.74) is 7.21. The van der Waals surface area contributed by atoms with E-state index in [1.165, 1.54) is 17.4 Å². The van der Waals surface area contributed by atoms with Crippen LogP contribution >= 0.6 is 11.3 Å². The molecule has 1 heterocycles. The average Bonchev–Trinajstić information content (AvgIpc) is 3.15. The minimum Gasteiger partial charge on any atom is -0.507 e. The molecule has 1 aliphatic carbocycles. The molecule has 0 bridgehead atoms. The number of aromatic hydroxyl groups is 1. The molecule has 136 valence electrons. The topological polar surface area (TPSA) is 119 Å². The van der Waals surface area contributed by atoms with Gasteiger partial charge in [0.2, 0.25) is 0 Å². The lowest BCUT2D eigenvalue weighted by molar-refractivity contribution is -0.119. The van der Waals surface area contributed by atoms with Crippen LogP contribution in [-0.4, -0.2) is 29.5 Å². The SMILES string of the molecule is Cc1cccc(C(=O)OCC(=O)Nc2sc3c(c2C(N)=O)CCC3)c1O. The molecule has 0 fully saturated rings. The zero-order chi connectivity index (χ0) is 18.8. The number of hydrogen-bond donors (Lipinski definition) is 3. The van der Waals surface area contributed by atoms with Crippen molar-refractivity contribution < 1.29 is 24.2 Å². The van der Waals surface area contributed by atoms with E-state index >= 15 is 0 Å². The minimum absolute atomic E-state index is 0.00859. The predicted octanol–water partition coefficient (Wildman–Crippen LogP) is 2.15. The molecule has 0 aliphatic heterocycles. The zero-order valence-corrected chi connectivity index (χ0v) is 14.9. The van der Waals surface area contributed by atoms with Gasteiger partial charge in [-0.25, -0.2) is 4.79 Å². The molecule has 1 aromatic heterocycles. The standard InChI is InChI=1S/C18H18N2O5S/c1-9-4-2-6-11(15(9)22)18(24)25-8-13(21)20-17-14(16(19)23)10-5-3-7-12(10)26-17/h2,4,6,22H,3,5,7-8H2,1H3,(H2,19,23)(H,20,21). The summed E-state index contributed by atoms with van der Waals surface area (Å²) in [6.45, 7) is 1.12. The number of benzene rings is 1. The van der Waals surface area contributed by atoms with Crippen molar-refractivity contribution in [2.45, 2.75) is 26.2 Å². The molecule has 0 atom stereocenters. The third-order valence-electron chi connectivity index (χ3n) is 4.21. The maximum Gasteiger partial charge on any atom is 0.342 e. The first kappa shape index (κ1) is 17.9. The van der Waals surface area contributed by atoms with Crippen LogP contribution in [0.4, 0.5) is 5.00 Å². The number of amides is 2. The van der Waals surface area contributed by atoms with Gasteiger partial charge >= 0.3 is 5.97 Å². The van der Waals surface area contributed by atoms with Gasteiger partial charge in [0, 0.05) is 4.88 Å². The molecule has 2 aromatic rings. The molecule has 8 heteroatoms. The molecule has 2 amide bonds. The van der Waals surface area contributed by atoms with Crippen molar-refractivity contribution in [3.63, 3.8) is 0 Å². The Balaban J connectivity index is 1.66. The summed E-state index contributed by atoms with van der Waals surface area (Å²) in [6, 6.07) is 4.68. The Kier molecular flexibility index (Phi) is 4.94. The van der Waals surface area contributed by atoms with E-state index in [1.54, 1.807) is 19.1 Å². The normalized spacial score (nSPS) is 12.5. The quantitative estimate of drug-likeness (QED) is 0.693. The van der Waals surface area contributed by atoms with Crippen molar-refractivity contribution in [2.24, 2.45) is 5.73 Å². The van der Waals surface area contributed by atoms with Crippen LogP contribution in [0.15, 0.2) is 18.2 Å². The first-order chi connectivity index (χ1) is 12.4. The second kappa shape index (κ2) is 7.17. The van der Waals surface area contributed by atoms with Crippen LogP contribution in [0.5, 0.6) is 5.75 Å². The molecule has 1 aromatic carbocycles. The fourth-order valence-electron chi connectivity index (χ4n) is 2.95. The fraction of sp³-hybridized carbons (Fsp3) is 0.278. The Hall–Kier alpha value is -2.87. The van der Waals surface area contributed by atoms with Crippen molar-refractivity contribution in [1.29, 1.82) is 0 Å². The van der Waals surface area contributed by atoms with E-state index in [-0.39, 0.29) is 11.3 Å². The average molecular weight is 374 g/mol. The Morgan fingerprint density at radius 1 is 1.31 bits per heavy atom. The number of thiophene rings is 1. The molecule has 0 unspecified atom stereocenters. The van der Waals surface area contributed by atoms with Gasteiger partial charge in [0.05, 0.1) is 5.56 Å². The molecule has 7 nitrogen and oxygen atoms in total. The summed E-state index contributed by atoms with van der Waals surface area (Å²) in [4.78, 5) is 36.9. The van der Waals surface area contributed by atoms with E-state index in [0.29, 0.717) is 16.1 Å². The summed E-state index contributed by atoms with van der Waals surface area (Å²) >= 11 is 1.33. The zero-order valence-electron chi connectivity index (χ0n) is 14.1. The van der Waals surface area contributed by atoms with Gasteiger partial charge < -0.3 is 20.9 Å². The van der Waals surface area contributed by atoms with Crippen molar-refractivity contribution in [3.8, 4) is 5.75 Å². The molecule has 4 N–H and O–H groups in total. The van der Waals surface area contributed by atoms with Gasteiger partial charge in [-0.1, -0.05) is 12.1 Å². The number of carbonyl (C=O) groups is 3. The van der Waals surface area contributed by atoms with E-state index < -0.39 is 24.4 Å². The van der Waals surface area contributed by atoms with E-state index in [2.05, 4.69) is 5.32 Å². The summed E-state index contributed by atoms with van der Waals surface area (Å²) in [7, 11) is 0. The number of phenols is 1. The molecular weight excluding hydrogens is 356 g/mol. The number of carbonyl (C=O) groups excluding carboxylic acids is 3. The van der Waals surface area contributed by atoms with Gasteiger partial charge in [0.1, 0.15) is 16.3 Å². The second-order valence-corrected chi connectivity index (χ2v) is 7.13. The van der Waals surface area contributed by atoms with Crippen molar-refractivity contribution >= 4 is 34.1 Å². The molecule has 0 saturated carbocycles. The van der Waals surface area contributed by atoms with Gasteiger partial charge in [0.15, 0.2) is 6.61 Å². The highest BCUT2D eigenvalue weighted by atomic mass is 32.1. The maximum absolute atomic E-state index is 12.1. The number of esters is 1. The fourth-order valence-corrected chi connectivity index (χ4v) is 4.26. The number of rotatable bonds is 5. The van der Waals surface area contributed by atoms with Gasteiger partial charge in [0.25, 0.3) is 11.8 Å². The van der Waals surface area contributed by atoms with E-state index in [1.807, 2.05) is 0 Å². The number of fused-ring (bicyclic) bond motifs is 1. The number of para-hydroxylation sites is 1. The number of aryl methyl sites for hydroxylation is 2. The Morgan fingerprint density at radius 2 is 2.08 bits per heavy atom. The van der Waals surface area contributed by atoms with Crippen LogP contribution in [-0.2, 0) is 22.4 Å². The number of primary amides is 1. The highest BCUT2D eigenvalue weighted by Gasteiger charge is 2.26. The predicted molar refractivity (Wildman–Crippen MR) is 96.6 cm³/mol. The molecule has 0 spiro atoms. The molecule has 26 heavy (non-hydrogen) atoms. The van der Waals surface area contributed by atoms with Crippen LogP contribution in [0.3, 0.4) is 0 Å². The Bertz CT molecular complexity index is 903. The van der Waals surface area contributed by atoms with Crippen LogP contribution < -0.4 is 11.1 Å². The molecule has 1 aliphatic rings. The number of anilines is 1. The number of phenolic OH excluding ortho intramolecular Hbond substituents is 1. The van der Waals surface area contributed by atoms with Gasteiger partial charge in [-0.2, -0.15) is 0 Å². The third-order valence-corrected chi connectivity index (χ3v) is 5.42. The van der Waals surface area contributed by atoms with Gasteiger partial charge in [-0.05, 0) is 43.4 Å². The van der Waals surface area contributed by atoms with Gasteiger partial charge in [-0.15, -0.1) is 11.3 Å². The second-order valence-electron chi connectivity index (χ2n) is 6.02. The molecule has 3 rings (SSSR count). The largest absolute Gasteiger partial charge is 0.507 e. The van der Waals surface area contributed by atoms with Crippen LogP contribution in [0.1, 0.15) is 43.1 Å². The highest BCUT2D eigenvalue weighted by molar-refractivity contribution is 7.17. The Labute approximate surface area is 153 Å². The first-order valence-corrected chi connectivity index (χ1v) is 8.90. The Morgan fingerprint density at radius 3 is 2.81 bits per heavy atom. The van der Waals surface area contributed by atoms with Crippen molar-refractivity contribution in [1.82, 2.24) is 0 Å². The lowest BCUT2D eigenvalue weighted by atomic mass is 10.1. The van der Waals surface area contributed by atoms with E-state index in [0.717, 1.165) is 29.7 Å². The summed E-state index contributed by atoms with van der Waals surface area (Å²) < 4.78 is 4.95. The van der Waals surface area contributed by atoms with Crippen molar-refractivity contribution in [3.05, 3.63) is 45.3 Å². The van der Waals surface area contributed by atoms with Crippen molar-refractivity contribution in [2.75, 3.05) is 11.9 Å². The summed E-state index contributed by atoms with van der Waals surface area (Å²) in [5, 5.41) is 12.9. The minimum atomic E-state index is -0.801. The summed E-state index contributed by atoms with van der Waals surface area (Å²) in [6.07, 6.45) is 2.59. The number of nitrogens with one attached hydrogen (secondary N) is 1. The monoisotopic (exact) mass is 374 g/mol. The van der Waals surface area contributed by atoms with Gasteiger partial charge in [-0.3, -0.25) is 9.59 Å². The first-order valence-electron chi connectivity index (χ1n) is 8.08. The van der Waals surface area contributed by atoms with Crippen LogP contribution in [0.25, 0.3) is 0 Å². The highest BCUT2D eigenvalue weighted by Crippen LogP contribution is 2.38. The molecule has 0 saturated heterocycles. The number of nitrogens with two attached hydrogens (primary N) is 1. The third kappa shape index (κ3) is 3.41. The molecule has 0 radical (unpaired) electrons. The maximum atomic E-state index is 12.1. The lowest BCUT2D eigenvalue weighted by Gasteiger charge is -2.09.